The Bertz CT molecular complexity index is 1310. The molecule has 0 saturated carbocycles. The van der Waals surface area contributed by atoms with Gasteiger partial charge in [0.2, 0.25) is 0 Å². The van der Waals surface area contributed by atoms with Gasteiger partial charge in [0, 0.05) is 14.4 Å². The lowest BCUT2D eigenvalue weighted by Gasteiger charge is -2.35. The summed E-state index contributed by atoms with van der Waals surface area (Å²) in [7, 11) is 0. The third-order valence-corrected chi connectivity index (χ3v) is 10.5. The van der Waals surface area contributed by atoms with Gasteiger partial charge >= 0.3 is 0 Å². The van der Waals surface area contributed by atoms with Crippen LogP contribution in [0.5, 0.6) is 0 Å². The molecule has 0 unspecified atom stereocenters. The first-order valence-corrected chi connectivity index (χ1v) is 17.1. The van der Waals surface area contributed by atoms with E-state index in [2.05, 4.69) is 106 Å². The van der Waals surface area contributed by atoms with Gasteiger partial charge in [-0.3, -0.25) is 0 Å². The van der Waals surface area contributed by atoms with E-state index in [0.29, 0.717) is 0 Å². The molecule has 4 aromatic carbocycles. The number of benzene rings is 4. The van der Waals surface area contributed by atoms with Crippen LogP contribution in [0.2, 0.25) is 0 Å². The highest BCUT2D eigenvalue weighted by atomic mass is 79.9. The van der Waals surface area contributed by atoms with Crippen LogP contribution in [0, 0.1) is 0 Å². The summed E-state index contributed by atoms with van der Waals surface area (Å²) in [5.41, 5.74) is 6.14. The summed E-state index contributed by atoms with van der Waals surface area (Å²) < 4.78 is 2.42. The molecule has 0 N–H and O–H groups in total. The van der Waals surface area contributed by atoms with Crippen molar-refractivity contribution >= 4 is 53.4 Å². The van der Waals surface area contributed by atoms with Gasteiger partial charge < -0.3 is 0 Å². The molecule has 0 nitrogen and oxygen atoms in total. The Morgan fingerprint density at radius 3 is 1.26 bits per heavy atom. The molecule has 0 spiro atoms. The van der Waals surface area contributed by atoms with Crippen molar-refractivity contribution < 1.29 is 0 Å². The molecule has 0 saturated heterocycles. The lowest BCUT2D eigenvalue weighted by atomic mass is 9.68. The summed E-state index contributed by atoms with van der Waals surface area (Å²) in [4.78, 5) is 0. The molecule has 206 valence electrons. The Balaban J connectivity index is 1.67. The number of hydrogen-bond donors (Lipinski definition) is 0. The van der Waals surface area contributed by atoms with E-state index in [9.17, 15) is 0 Å². The monoisotopic (exact) mass is 646 g/mol. The lowest BCUT2D eigenvalue weighted by molar-refractivity contribution is 0.402. The van der Waals surface area contributed by atoms with E-state index in [0.717, 1.165) is 0 Å². The summed E-state index contributed by atoms with van der Waals surface area (Å²) in [6, 6.07) is 23.1. The molecule has 0 amide bonds. The minimum absolute atomic E-state index is 0.0563. The third kappa shape index (κ3) is 5.76. The van der Waals surface area contributed by atoms with E-state index >= 15 is 0 Å². The number of unbranched alkanes of at least 4 members (excludes halogenated alkanes) is 10. The molecule has 0 fully saturated rings. The maximum atomic E-state index is 3.97. The quantitative estimate of drug-likeness (QED) is 0.119. The molecule has 0 heterocycles. The Morgan fingerprint density at radius 1 is 0.487 bits per heavy atom. The van der Waals surface area contributed by atoms with Crippen LogP contribution in [0.25, 0.3) is 32.7 Å². The molecule has 39 heavy (non-hydrogen) atoms. The summed E-state index contributed by atoms with van der Waals surface area (Å²) in [6.45, 7) is 4.63. The third-order valence-electron chi connectivity index (χ3n) is 9.15. The summed E-state index contributed by atoms with van der Waals surface area (Å²) in [6.07, 6.45) is 18.6. The number of rotatable bonds is 14. The van der Waals surface area contributed by atoms with Crippen molar-refractivity contribution in [2.45, 2.75) is 109 Å². The van der Waals surface area contributed by atoms with Crippen LogP contribution in [0.3, 0.4) is 0 Å². The molecule has 5 rings (SSSR count). The van der Waals surface area contributed by atoms with Crippen LogP contribution in [0.1, 0.15) is 115 Å². The predicted molar refractivity (Wildman–Crippen MR) is 179 cm³/mol. The minimum Gasteiger partial charge on any atom is -0.0654 e. The largest absolute Gasteiger partial charge is 0.0654 e. The maximum absolute atomic E-state index is 3.97. The Hall–Kier alpha value is -1.64. The van der Waals surface area contributed by atoms with Crippen molar-refractivity contribution in [1.82, 2.24) is 0 Å². The Kier molecular flexibility index (Phi) is 9.88. The average Bonchev–Trinajstić information content (AvgIpc) is 3.22. The second kappa shape index (κ2) is 13.3. The predicted octanol–water partition coefficient (Wildman–Crippen LogP) is 13.3. The second-order valence-electron chi connectivity index (χ2n) is 11.8. The van der Waals surface area contributed by atoms with Crippen LogP contribution >= 0.6 is 31.9 Å². The molecular weight excluding hydrogens is 604 g/mol. The highest BCUT2D eigenvalue weighted by Gasteiger charge is 2.45. The molecular formula is C37H44Br2. The van der Waals surface area contributed by atoms with Gasteiger partial charge in [-0.15, -0.1) is 0 Å². The zero-order chi connectivity index (χ0) is 27.2. The SMILES string of the molecule is CCCCCCCCC1(CCCCCCCC)c2c(cc(Br)c3ccccc23)-c2cc(Br)c3ccccc3c21. The van der Waals surface area contributed by atoms with Crippen LogP contribution in [0.4, 0.5) is 0 Å². The highest BCUT2D eigenvalue weighted by Crippen LogP contribution is 2.59. The fraction of sp³-hybridized carbons (Fsp3) is 0.459. The van der Waals surface area contributed by atoms with Crippen molar-refractivity contribution in [2.75, 3.05) is 0 Å². The standard InChI is InChI=1S/C37H44Br2/c1-3-5-7-9-11-17-23-37(24-18-12-10-8-6-4-2)35-29-21-15-13-19-27(29)33(38)25-31(35)32-26-34(39)28-20-14-16-22-30(28)36(32)37/h13-16,19-22,25-26H,3-12,17-18,23-24H2,1-2H3. The Labute approximate surface area is 253 Å². The van der Waals surface area contributed by atoms with Crippen LogP contribution in [0.15, 0.2) is 69.6 Å². The molecule has 0 aliphatic heterocycles. The molecule has 2 heteroatoms. The number of hydrogen-bond acceptors (Lipinski definition) is 0. The van der Waals surface area contributed by atoms with Crippen molar-refractivity contribution in [1.29, 1.82) is 0 Å². The van der Waals surface area contributed by atoms with E-state index in [1.807, 2.05) is 0 Å². The number of halogens is 2. The molecule has 0 atom stereocenters. The highest BCUT2D eigenvalue weighted by molar-refractivity contribution is 9.11. The first-order valence-electron chi connectivity index (χ1n) is 15.6. The van der Waals surface area contributed by atoms with Crippen molar-refractivity contribution in [3.8, 4) is 11.1 Å². The van der Waals surface area contributed by atoms with Gasteiger partial charge in [0.05, 0.1) is 0 Å². The van der Waals surface area contributed by atoms with Crippen molar-refractivity contribution in [3.05, 3.63) is 80.7 Å². The normalized spacial score (nSPS) is 13.7. The van der Waals surface area contributed by atoms with Gasteiger partial charge in [-0.1, -0.05) is 171 Å². The van der Waals surface area contributed by atoms with Gasteiger partial charge in [0.15, 0.2) is 0 Å². The van der Waals surface area contributed by atoms with Crippen LogP contribution in [-0.4, -0.2) is 0 Å². The Morgan fingerprint density at radius 2 is 0.846 bits per heavy atom. The zero-order valence-electron chi connectivity index (χ0n) is 23.9. The van der Waals surface area contributed by atoms with E-state index in [1.54, 1.807) is 11.1 Å². The second-order valence-corrected chi connectivity index (χ2v) is 13.5. The molecule has 1 aliphatic carbocycles. The van der Waals surface area contributed by atoms with Crippen molar-refractivity contribution in [3.63, 3.8) is 0 Å². The van der Waals surface area contributed by atoms with E-state index in [1.165, 1.54) is 132 Å². The van der Waals surface area contributed by atoms with E-state index in [4.69, 9.17) is 0 Å². The average molecular weight is 649 g/mol. The van der Waals surface area contributed by atoms with Gasteiger partial charge in [-0.25, -0.2) is 0 Å². The van der Waals surface area contributed by atoms with Gasteiger partial charge in [-0.05, 0) is 68.8 Å². The van der Waals surface area contributed by atoms with Gasteiger partial charge in [0.1, 0.15) is 0 Å². The first-order chi connectivity index (χ1) is 19.1. The van der Waals surface area contributed by atoms with Crippen LogP contribution in [-0.2, 0) is 5.41 Å². The summed E-state index contributed by atoms with van der Waals surface area (Å²) in [5.74, 6) is 0. The first kappa shape index (κ1) is 28.9. The minimum atomic E-state index is 0.0563. The van der Waals surface area contributed by atoms with E-state index < -0.39 is 0 Å². The van der Waals surface area contributed by atoms with E-state index in [-0.39, 0.29) is 5.41 Å². The lowest BCUT2D eigenvalue weighted by Crippen LogP contribution is -2.26. The maximum Gasteiger partial charge on any atom is 0.0260 e. The fourth-order valence-corrected chi connectivity index (χ4v) is 8.43. The molecule has 0 aromatic heterocycles. The number of fused-ring (bicyclic) bond motifs is 7. The smallest absolute Gasteiger partial charge is 0.0260 e. The molecule has 0 bridgehead atoms. The van der Waals surface area contributed by atoms with Crippen LogP contribution < -0.4 is 0 Å². The van der Waals surface area contributed by atoms with Gasteiger partial charge in [0.25, 0.3) is 0 Å². The van der Waals surface area contributed by atoms with Crippen molar-refractivity contribution in [2.24, 2.45) is 0 Å². The zero-order valence-corrected chi connectivity index (χ0v) is 27.1. The molecule has 4 aromatic rings. The molecule has 0 radical (unpaired) electrons. The summed E-state index contributed by atoms with van der Waals surface area (Å²) in [5, 5.41) is 5.58. The topological polar surface area (TPSA) is 0 Å². The summed E-state index contributed by atoms with van der Waals surface area (Å²) >= 11 is 7.94. The fourth-order valence-electron chi connectivity index (χ4n) is 7.28. The molecule has 1 aliphatic rings. The van der Waals surface area contributed by atoms with Gasteiger partial charge in [-0.2, -0.15) is 0 Å².